The smallest absolute Gasteiger partial charge is 0.328 e. The van der Waals surface area contributed by atoms with Crippen LogP contribution in [0.5, 0.6) is 0 Å². The molecule has 0 spiro atoms. The zero-order chi connectivity index (χ0) is 17.6. The molecule has 0 fully saturated rings. The van der Waals surface area contributed by atoms with Crippen molar-refractivity contribution in [2.24, 2.45) is 0 Å². The summed E-state index contributed by atoms with van der Waals surface area (Å²) in [6.07, 6.45) is 0. The van der Waals surface area contributed by atoms with Crippen LogP contribution in [0, 0.1) is 0 Å². The lowest BCUT2D eigenvalue weighted by Gasteiger charge is -2.23. The van der Waals surface area contributed by atoms with Crippen LogP contribution in [0.25, 0.3) is 0 Å². The summed E-state index contributed by atoms with van der Waals surface area (Å²) in [4.78, 5) is 35.9. The summed E-state index contributed by atoms with van der Waals surface area (Å²) in [6, 6.07) is 7.03. The van der Waals surface area contributed by atoms with Crippen molar-refractivity contribution >= 4 is 17.8 Å². The normalized spacial score (nSPS) is 13.6. The predicted molar refractivity (Wildman–Crippen MR) is 86.8 cm³/mol. The Kier molecular flexibility index (Phi) is 6.30. The highest BCUT2D eigenvalue weighted by Gasteiger charge is 2.25. The molecule has 0 aromatic heterocycles. The zero-order valence-electron chi connectivity index (χ0n) is 14.2. The van der Waals surface area contributed by atoms with E-state index in [4.69, 9.17) is 4.74 Å². The SMILES string of the molecule is C[C@H](NC(=O)c1ccccc1)C(=O)N[C@@H](C)C(=O)OC(C)(C)C. The van der Waals surface area contributed by atoms with Gasteiger partial charge in [-0.15, -0.1) is 0 Å². The van der Waals surface area contributed by atoms with E-state index in [2.05, 4.69) is 10.6 Å². The number of benzene rings is 1. The zero-order valence-corrected chi connectivity index (χ0v) is 14.2. The summed E-state index contributed by atoms with van der Waals surface area (Å²) in [7, 11) is 0. The van der Waals surface area contributed by atoms with Gasteiger partial charge >= 0.3 is 5.97 Å². The molecule has 2 amide bonds. The van der Waals surface area contributed by atoms with Gasteiger partial charge < -0.3 is 15.4 Å². The van der Waals surface area contributed by atoms with Gasteiger partial charge in [0, 0.05) is 5.56 Å². The molecule has 126 valence electrons. The molecule has 23 heavy (non-hydrogen) atoms. The Hall–Kier alpha value is -2.37. The number of amides is 2. The largest absolute Gasteiger partial charge is 0.458 e. The molecule has 0 aliphatic heterocycles. The highest BCUT2D eigenvalue weighted by molar-refractivity contribution is 5.97. The first-order valence-corrected chi connectivity index (χ1v) is 7.49. The van der Waals surface area contributed by atoms with Crippen molar-refractivity contribution in [1.29, 1.82) is 0 Å². The molecule has 6 heteroatoms. The van der Waals surface area contributed by atoms with E-state index in [1.165, 1.54) is 6.92 Å². The minimum Gasteiger partial charge on any atom is -0.458 e. The van der Waals surface area contributed by atoms with Gasteiger partial charge in [0.1, 0.15) is 17.7 Å². The summed E-state index contributed by atoms with van der Waals surface area (Å²) in [5.41, 5.74) is -0.157. The fourth-order valence-corrected chi connectivity index (χ4v) is 1.72. The lowest BCUT2D eigenvalue weighted by Crippen LogP contribution is -2.50. The monoisotopic (exact) mass is 320 g/mol. The number of carbonyl (C=O) groups excluding carboxylic acids is 3. The fourth-order valence-electron chi connectivity index (χ4n) is 1.72. The summed E-state index contributed by atoms with van der Waals surface area (Å²) in [5.74, 6) is -1.32. The standard InChI is InChI=1S/C17H24N2O4/c1-11(18-15(21)13-9-7-6-8-10-13)14(20)19-12(2)16(22)23-17(3,4)5/h6-12H,1-5H3,(H,18,21)(H,19,20)/t11-,12-/m0/s1. The van der Waals surface area contributed by atoms with Crippen LogP contribution >= 0.6 is 0 Å². The number of nitrogens with one attached hydrogen (secondary N) is 2. The predicted octanol–water partition coefficient (Wildman–Crippen LogP) is 1.65. The molecular weight excluding hydrogens is 296 g/mol. The Labute approximate surface area is 136 Å². The molecule has 0 unspecified atom stereocenters. The van der Waals surface area contributed by atoms with E-state index in [0.717, 1.165) is 0 Å². The second-order valence-corrected chi connectivity index (χ2v) is 6.32. The van der Waals surface area contributed by atoms with Crippen LogP contribution in [0.15, 0.2) is 30.3 Å². The van der Waals surface area contributed by atoms with E-state index in [9.17, 15) is 14.4 Å². The third-order valence-corrected chi connectivity index (χ3v) is 2.90. The maximum Gasteiger partial charge on any atom is 0.328 e. The van der Waals surface area contributed by atoms with Gasteiger partial charge in [-0.25, -0.2) is 4.79 Å². The third-order valence-electron chi connectivity index (χ3n) is 2.90. The van der Waals surface area contributed by atoms with Crippen molar-refractivity contribution in [3.05, 3.63) is 35.9 Å². The van der Waals surface area contributed by atoms with E-state index in [1.54, 1.807) is 58.0 Å². The highest BCUT2D eigenvalue weighted by atomic mass is 16.6. The number of ether oxygens (including phenoxy) is 1. The van der Waals surface area contributed by atoms with E-state index in [0.29, 0.717) is 5.56 Å². The van der Waals surface area contributed by atoms with Gasteiger partial charge in [0.2, 0.25) is 5.91 Å². The van der Waals surface area contributed by atoms with E-state index < -0.39 is 29.6 Å². The molecule has 6 nitrogen and oxygen atoms in total. The van der Waals surface area contributed by atoms with Gasteiger partial charge in [-0.1, -0.05) is 18.2 Å². The number of hydrogen-bond acceptors (Lipinski definition) is 4. The second-order valence-electron chi connectivity index (χ2n) is 6.32. The van der Waals surface area contributed by atoms with Gasteiger partial charge in [0.25, 0.3) is 5.91 Å². The van der Waals surface area contributed by atoms with Crippen molar-refractivity contribution in [3.8, 4) is 0 Å². The molecule has 1 aromatic carbocycles. The van der Waals surface area contributed by atoms with Crippen LogP contribution in [0.2, 0.25) is 0 Å². The van der Waals surface area contributed by atoms with Crippen LogP contribution in [-0.4, -0.2) is 35.5 Å². The fraction of sp³-hybridized carbons (Fsp3) is 0.471. The van der Waals surface area contributed by atoms with Crippen molar-refractivity contribution in [1.82, 2.24) is 10.6 Å². The Morgan fingerprint density at radius 3 is 2.04 bits per heavy atom. The van der Waals surface area contributed by atoms with E-state index in [1.807, 2.05) is 0 Å². The Morgan fingerprint density at radius 1 is 0.957 bits per heavy atom. The molecule has 0 saturated carbocycles. The highest BCUT2D eigenvalue weighted by Crippen LogP contribution is 2.08. The Balaban J connectivity index is 2.54. The first-order valence-electron chi connectivity index (χ1n) is 7.49. The topological polar surface area (TPSA) is 84.5 Å². The van der Waals surface area contributed by atoms with Crippen LogP contribution in [0.4, 0.5) is 0 Å². The molecule has 0 saturated heterocycles. The average molecular weight is 320 g/mol. The Morgan fingerprint density at radius 2 is 1.52 bits per heavy atom. The quantitative estimate of drug-likeness (QED) is 0.808. The van der Waals surface area contributed by atoms with E-state index in [-0.39, 0.29) is 5.91 Å². The first-order chi connectivity index (χ1) is 10.6. The van der Waals surface area contributed by atoms with Gasteiger partial charge in [-0.2, -0.15) is 0 Å². The number of hydrogen-bond donors (Lipinski definition) is 2. The summed E-state index contributed by atoms with van der Waals surface area (Å²) in [6.45, 7) is 8.35. The summed E-state index contributed by atoms with van der Waals surface area (Å²) >= 11 is 0. The number of esters is 1. The van der Waals surface area contributed by atoms with Crippen LogP contribution in [0.1, 0.15) is 45.0 Å². The molecule has 0 aliphatic rings. The maximum absolute atomic E-state index is 12.1. The molecule has 1 aromatic rings. The molecule has 2 N–H and O–H groups in total. The lowest BCUT2D eigenvalue weighted by atomic mass is 10.2. The van der Waals surface area contributed by atoms with Crippen molar-refractivity contribution < 1.29 is 19.1 Å². The van der Waals surface area contributed by atoms with Gasteiger partial charge in [-0.3, -0.25) is 9.59 Å². The van der Waals surface area contributed by atoms with Gasteiger partial charge in [0.05, 0.1) is 0 Å². The molecule has 1 rings (SSSR count). The van der Waals surface area contributed by atoms with Gasteiger partial charge in [0.15, 0.2) is 0 Å². The molecule has 0 bridgehead atoms. The molecule has 0 radical (unpaired) electrons. The second kappa shape index (κ2) is 7.76. The van der Waals surface area contributed by atoms with Crippen LogP contribution in [0.3, 0.4) is 0 Å². The van der Waals surface area contributed by atoms with Crippen LogP contribution < -0.4 is 10.6 Å². The van der Waals surface area contributed by atoms with Crippen molar-refractivity contribution in [2.45, 2.75) is 52.3 Å². The molecular formula is C17H24N2O4. The average Bonchev–Trinajstić information content (AvgIpc) is 2.46. The summed E-state index contributed by atoms with van der Waals surface area (Å²) in [5, 5.41) is 5.12. The minimum atomic E-state index is -0.794. The Bertz CT molecular complexity index is 564. The summed E-state index contributed by atoms with van der Waals surface area (Å²) < 4.78 is 5.19. The minimum absolute atomic E-state index is 0.349. The third kappa shape index (κ3) is 6.50. The number of carbonyl (C=O) groups is 3. The maximum atomic E-state index is 12.1. The lowest BCUT2D eigenvalue weighted by molar-refractivity contribution is -0.158. The number of rotatable bonds is 5. The van der Waals surface area contributed by atoms with Crippen molar-refractivity contribution in [2.75, 3.05) is 0 Å². The molecule has 0 aliphatic carbocycles. The van der Waals surface area contributed by atoms with Gasteiger partial charge in [-0.05, 0) is 46.8 Å². The molecule has 2 atom stereocenters. The first kappa shape index (κ1) is 18.7. The van der Waals surface area contributed by atoms with E-state index >= 15 is 0 Å². The van der Waals surface area contributed by atoms with Crippen molar-refractivity contribution in [3.63, 3.8) is 0 Å². The van der Waals surface area contributed by atoms with Crippen LogP contribution in [-0.2, 0) is 14.3 Å². The molecule has 0 heterocycles.